The summed E-state index contributed by atoms with van der Waals surface area (Å²) in [7, 11) is 1.36. The number of carbonyl (C=O) groups excluding carboxylic acids is 2. The molecule has 0 saturated carbocycles. The molecule has 1 unspecified atom stereocenters. The van der Waals surface area contributed by atoms with E-state index in [2.05, 4.69) is 10.3 Å². The van der Waals surface area contributed by atoms with E-state index in [0.29, 0.717) is 25.9 Å². The summed E-state index contributed by atoms with van der Waals surface area (Å²) in [5.74, 6) is -0.340. The fourth-order valence-electron chi connectivity index (χ4n) is 3.60. The number of carbonyl (C=O) groups is 2. The number of likely N-dealkylation sites (tertiary alicyclic amines) is 1. The Labute approximate surface area is 132 Å². The SMILES string of the molecule is Cn1c(=O)[nH]cc(CC(=O)N2CCCC23CCCNC3=O)c1=O. The summed E-state index contributed by atoms with van der Waals surface area (Å²) in [6.07, 6.45) is 4.12. The minimum absolute atomic E-state index is 0.0935. The number of nitrogens with zero attached hydrogens (tertiary/aromatic N) is 2. The molecule has 3 rings (SSSR count). The van der Waals surface area contributed by atoms with E-state index < -0.39 is 16.8 Å². The molecule has 3 heterocycles. The number of nitrogens with one attached hydrogen (secondary N) is 2. The van der Waals surface area contributed by atoms with Gasteiger partial charge in [0.2, 0.25) is 11.8 Å². The van der Waals surface area contributed by atoms with Gasteiger partial charge < -0.3 is 15.2 Å². The van der Waals surface area contributed by atoms with Crippen LogP contribution in [0.15, 0.2) is 15.8 Å². The van der Waals surface area contributed by atoms with Crippen molar-refractivity contribution in [2.45, 2.75) is 37.6 Å². The van der Waals surface area contributed by atoms with Gasteiger partial charge >= 0.3 is 5.69 Å². The Hall–Kier alpha value is -2.38. The zero-order chi connectivity index (χ0) is 16.6. The highest BCUT2D eigenvalue weighted by molar-refractivity contribution is 5.93. The number of hydrogen-bond donors (Lipinski definition) is 2. The summed E-state index contributed by atoms with van der Waals surface area (Å²) in [5.41, 5.74) is -1.53. The molecule has 0 radical (unpaired) electrons. The van der Waals surface area contributed by atoms with Crippen LogP contribution >= 0.6 is 0 Å². The summed E-state index contributed by atoms with van der Waals surface area (Å²) >= 11 is 0. The number of hydrogen-bond acceptors (Lipinski definition) is 4. The Morgan fingerprint density at radius 3 is 2.74 bits per heavy atom. The van der Waals surface area contributed by atoms with Gasteiger partial charge in [0, 0.05) is 31.9 Å². The average molecular weight is 320 g/mol. The molecule has 2 N–H and O–H groups in total. The molecule has 2 aliphatic heterocycles. The van der Waals surface area contributed by atoms with Crippen LogP contribution in [0.25, 0.3) is 0 Å². The Kier molecular flexibility index (Phi) is 3.83. The minimum Gasteiger partial charge on any atom is -0.354 e. The van der Waals surface area contributed by atoms with Gasteiger partial charge in [-0.1, -0.05) is 0 Å². The van der Waals surface area contributed by atoms with E-state index in [4.69, 9.17) is 0 Å². The molecule has 1 atom stereocenters. The van der Waals surface area contributed by atoms with Crippen molar-refractivity contribution >= 4 is 11.8 Å². The minimum atomic E-state index is -0.761. The molecule has 124 valence electrons. The van der Waals surface area contributed by atoms with Crippen molar-refractivity contribution in [1.82, 2.24) is 19.8 Å². The lowest BCUT2D eigenvalue weighted by Crippen LogP contribution is -2.60. The van der Waals surface area contributed by atoms with Gasteiger partial charge in [-0.15, -0.1) is 0 Å². The fourth-order valence-corrected chi connectivity index (χ4v) is 3.60. The van der Waals surface area contributed by atoms with Crippen molar-refractivity contribution < 1.29 is 9.59 Å². The zero-order valence-corrected chi connectivity index (χ0v) is 13.1. The highest BCUT2D eigenvalue weighted by atomic mass is 16.2. The molecule has 0 aliphatic carbocycles. The highest BCUT2D eigenvalue weighted by Crippen LogP contribution is 2.36. The van der Waals surface area contributed by atoms with E-state index in [-0.39, 0.29) is 23.8 Å². The average Bonchev–Trinajstić information content (AvgIpc) is 2.95. The van der Waals surface area contributed by atoms with Crippen LogP contribution in [0.1, 0.15) is 31.2 Å². The predicted octanol–water partition coefficient (Wildman–Crippen LogP) is -1.11. The van der Waals surface area contributed by atoms with E-state index in [1.165, 1.54) is 13.2 Å². The maximum absolute atomic E-state index is 12.7. The van der Waals surface area contributed by atoms with Crippen molar-refractivity contribution in [3.8, 4) is 0 Å². The second-order valence-corrected chi connectivity index (χ2v) is 6.20. The Morgan fingerprint density at radius 1 is 1.26 bits per heavy atom. The standard InChI is InChI=1S/C15H20N4O4/c1-18-12(21)10(9-17-14(18)23)8-11(20)19-7-3-5-15(19)4-2-6-16-13(15)22/h9H,2-8H2,1H3,(H,16,22)(H,17,23). The molecule has 23 heavy (non-hydrogen) atoms. The van der Waals surface area contributed by atoms with E-state index in [1.54, 1.807) is 4.90 Å². The van der Waals surface area contributed by atoms with Gasteiger partial charge in [0.05, 0.1) is 6.42 Å². The fraction of sp³-hybridized carbons (Fsp3) is 0.600. The molecule has 8 heteroatoms. The number of piperidine rings is 1. The quantitative estimate of drug-likeness (QED) is 0.721. The second-order valence-electron chi connectivity index (χ2n) is 6.20. The van der Waals surface area contributed by atoms with E-state index in [9.17, 15) is 19.2 Å². The first-order valence-electron chi connectivity index (χ1n) is 7.82. The van der Waals surface area contributed by atoms with Crippen LogP contribution in [0.2, 0.25) is 0 Å². The lowest BCUT2D eigenvalue weighted by molar-refractivity contribution is -0.146. The third-order valence-corrected chi connectivity index (χ3v) is 4.86. The van der Waals surface area contributed by atoms with Crippen LogP contribution in [-0.4, -0.2) is 44.9 Å². The lowest BCUT2D eigenvalue weighted by atomic mass is 9.86. The monoisotopic (exact) mass is 320 g/mol. The van der Waals surface area contributed by atoms with Gasteiger partial charge in [-0.25, -0.2) is 4.79 Å². The van der Waals surface area contributed by atoms with Crippen LogP contribution in [0.4, 0.5) is 0 Å². The molecule has 0 aromatic carbocycles. The molecule has 1 spiro atoms. The lowest BCUT2D eigenvalue weighted by Gasteiger charge is -2.40. The van der Waals surface area contributed by atoms with Crippen LogP contribution in [-0.2, 0) is 23.1 Å². The molecule has 0 bridgehead atoms. The summed E-state index contributed by atoms with van der Waals surface area (Å²) in [6, 6.07) is 0. The molecule has 1 aromatic rings. The second kappa shape index (κ2) is 5.68. The first-order valence-corrected chi connectivity index (χ1v) is 7.82. The smallest absolute Gasteiger partial charge is 0.328 e. The first kappa shape index (κ1) is 15.5. The third kappa shape index (κ3) is 2.47. The maximum Gasteiger partial charge on any atom is 0.328 e. The Bertz CT molecular complexity index is 765. The van der Waals surface area contributed by atoms with Gasteiger partial charge in [-0.2, -0.15) is 0 Å². The Morgan fingerprint density at radius 2 is 2.00 bits per heavy atom. The number of aromatic amines is 1. The van der Waals surface area contributed by atoms with Crippen molar-refractivity contribution in [2.24, 2.45) is 7.05 Å². The van der Waals surface area contributed by atoms with E-state index >= 15 is 0 Å². The van der Waals surface area contributed by atoms with Gasteiger partial charge in [0.1, 0.15) is 5.54 Å². The van der Waals surface area contributed by atoms with Crippen molar-refractivity contribution in [3.05, 3.63) is 32.6 Å². The Balaban J connectivity index is 1.86. The summed E-state index contributed by atoms with van der Waals surface area (Å²) in [5, 5.41) is 2.85. The molecular weight excluding hydrogens is 300 g/mol. The summed E-state index contributed by atoms with van der Waals surface area (Å²) in [6.45, 7) is 1.17. The molecule has 8 nitrogen and oxygen atoms in total. The third-order valence-electron chi connectivity index (χ3n) is 4.86. The molecule has 2 saturated heterocycles. The van der Waals surface area contributed by atoms with Crippen molar-refractivity contribution in [3.63, 3.8) is 0 Å². The molecule has 2 aliphatic rings. The summed E-state index contributed by atoms with van der Waals surface area (Å²) < 4.78 is 0.940. The van der Waals surface area contributed by atoms with Crippen molar-refractivity contribution in [1.29, 1.82) is 0 Å². The predicted molar refractivity (Wildman–Crippen MR) is 81.9 cm³/mol. The van der Waals surface area contributed by atoms with E-state index in [0.717, 1.165) is 17.4 Å². The first-order chi connectivity index (χ1) is 11.0. The van der Waals surface area contributed by atoms with Gasteiger partial charge in [0.15, 0.2) is 0 Å². The molecule has 2 fully saturated rings. The molecular formula is C15H20N4O4. The number of H-pyrrole nitrogens is 1. The van der Waals surface area contributed by atoms with Gasteiger partial charge in [-0.05, 0) is 25.7 Å². The van der Waals surface area contributed by atoms with Crippen LogP contribution in [0, 0.1) is 0 Å². The van der Waals surface area contributed by atoms with Crippen LogP contribution in [0.3, 0.4) is 0 Å². The van der Waals surface area contributed by atoms with Gasteiger partial charge in [0.25, 0.3) is 5.56 Å². The highest BCUT2D eigenvalue weighted by Gasteiger charge is 2.50. The molecule has 2 amide bonds. The van der Waals surface area contributed by atoms with Crippen LogP contribution in [0.5, 0.6) is 0 Å². The summed E-state index contributed by atoms with van der Waals surface area (Å²) in [4.78, 5) is 52.5. The van der Waals surface area contributed by atoms with E-state index in [1.807, 2.05) is 0 Å². The van der Waals surface area contributed by atoms with Crippen LogP contribution < -0.4 is 16.6 Å². The number of rotatable bonds is 2. The number of amides is 2. The molecule has 1 aromatic heterocycles. The van der Waals surface area contributed by atoms with Gasteiger partial charge in [-0.3, -0.25) is 19.0 Å². The maximum atomic E-state index is 12.7. The zero-order valence-electron chi connectivity index (χ0n) is 13.1. The normalized spacial score (nSPS) is 24.0. The number of aromatic nitrogens is 2. The van der Waals surface area contributed by atoms with Crippen molar-refractivity contribution in [2.75, 3.05) is 13.1 Å². The topological polar surface area (TPSA) is 104 Å². The largest absolute Gasteiger partial charge is 0.354 e.